The quantitative estimate of drug-likeness (QED) is 0.768. The Bertz CT molecular complexity index is 588. The van der Waals surface area contributed by atoms with Gasteiger partial charge in [0.15, 0.2) is 0 Å². The number of hydrogen-bond donors (Lipinski definition) is 0. The first-order valence-corrected chi connectivity index (χ1v) is 7.15. The van der Waals surface area contributed by atoms with Crippen LogP contribution in [0.3, 0.4) is 0 Å². The summed E-state index contributed by atoms with van der Waals surface area (Å²) in [6, 6.07) is 6.36. The number of alkyl halides is 1. The first-order chi connectivity index (χ1) is 9.19. The summed E-state index contributed by atoms with van der Waals surface area (Å²) in [5.41, 5.74) is 2.93. The molecule has 2 nitrogen and oxygen atoms in total. The van der Waals surface area contributed by atoms with Crippen LogP contribution in [0.2, 0.25) is 5.15 Å². The van der Waals surface area contributed by atoms with Crippen LogP contribution in [0.5, 0.6) is 0 Å². The predicted octanol–water partition coefficient (Wildman–Crippen LogP) is 4.34. The molecule has 100 valence electrons. The Labute approximate surface area is 121 Å². The van der Waals surface area contributed by atoms with E-state index in [4.69, 9.17) is 23.2 Å². The maximum atomic E-state index is 12.9. The Kier molecular flexibility index (Phi) is 3.50. The summed E-state index contributed by atoms with van der Waals surface area (Å²) < 4.78 is 14.6. The van der Waals surface area contributed by atoms with Gasteiger partial charge in [-0.05, 0) is 30.5 Å². The molecule has 0 radical (unpaired) electrons. The molecule has 0 saturated heterocycles. The predicted molar refractivity (Wildman–Crippen MR) is 74.3 cm³/mol. The van der Waals surface area contributed by atoms with E-state index in [0.29, 0.717) is 23.5 Å². The Morgan fingerprint density at radius 1 is 1.26 bits per heavy atom. The molecule has 0 bridgehead atoms. The second-order valence-electron chi connectivity index (χ2n) is 4.85. The zero-order chi connectivity index (χ0) is 13.4. The van der Waals surface area contributed by atoms with E-state index in [1.807, 2.05) is 0 Å². The number of rotatable bonds is 4. The summed E-state index contributed by atoms with van der Waals surface area (Å²) in [6.45, 7) is 0.537. The van der Waals surface area contributed by atoms with Crippen LogP contribution >= 0.6 is 23.2 Å². The maximum absolute atomic E-state index is 12.9. The van der Waals surface area contributed by atoms with Gasteiger partial charge in [-0.15, -0.1) is 11.6 Å². The van der Waals surface area contributed by atoms with Gasteiger partial charge in [0, 0.05) is 11.5 Å². The molecule has 3 rings (SSSR count). The van der Waals surface area contributed by atoms with Crippen LogP contribution in [0, 0.1) is 5.82 Å². The van der Waals surface area contributed by atoms with Gasteiger partial charge in [0.05, 0.1) is 18.1 Å². The lowest BCUT2D eigenvalue weighted by molar-refractivity contribution is 0.624. The first-order valence-electron chi connectivity index (χ1n) is 6.24. The van der Waals surface area contributed by atoms with Crippen molar-refractivity contribution >= 4 is 23.2 Å². The van der Waals surface area contributed by atoms with Gasteiger partial charge in [-0.3, -0.25) is 0 Å². The minimum atomic E-state index is -0.240. The molecule has 1 aliphatic carbocycles. The molecule has 0 N–H and O–H groups in total. The standard InChI is InChI=1S/C14H13Cl2FN2/c15-7-12-13(10-3-4-10)18-19(14(12)16)8-9-1-5-11(17)6-2-9/h1-2,5-6,10H,3-4,7-8H2. The monoisotopic (exact) mass is 298 g/mol. The number of benzene rings is 1. The van der Waals surface area contributed by atoms with Crippen molar-refractivity contribution in [2.45, 2.75) is 31.2 Å². The number of nitrogens with zero attached hydrogens (tertiary/aromatic N) is 2. The lowest BCUT2D eigenvalue weighted by atomic mass is 10.2. The molecule has 0 aliphatic heterocycles. The van der Waals surface area contributed by atoms with E-state index in [9.17, 15) is 4.39 Å². The molecule has 0 unspecified atom stereocenters. The molecule has 2 aromatic rings. The van der Waals surface area contributed by atoms with Gasteiger partial charge in [-0.1, -0.05) is 23.7 Å². The van der Waals surface area contributed by atoms with Crippen molar-refractivity contribution in [1.82, 2.24) is 9.78 Å². The molecular weight excluding hydrogens is 286 g/mol. The van der Waals surface area contributed by atoms with Crippen LogP contribution in [-0.4, -0.2) is 9.78 Å². The van der Waals surface area contributed by atoms with Crippen molar-refractivity contribution < 1.29 is 4.39 Å². The zero-order valence-corrected chi connectivity index (χ0v) is 11.8. The molecular formula is C14H13Cl2FN2. The molecule has 1 aromatic carbocycles. The Hall–Kier alpha value is -1.06. The van der Waals surface area contributed by atoms with Crippen molar-refractivity contribution in [2.75, 3.05) is 0 Å². The van der Waals surface area contributed by atoms with Gasteiger partial charge in [0.25, 0.3) is 0 Å². The molecule has 19 heavy (non-hydrogen) atoms. The molecule has 1 fully saturated rings. The summed E-state index contributed by atoms with van der Waals surface area (Å²) >= 11 is 12.3. The average molecular weight is 299 g/mol. The van der Waals surface area contributed by atoms with E-state index in [-0.39, 0.29) is 5.82 Å². The summed E-state index contributed by atoms with van der Waals surface area (Å²) in [4.78, 5) is 0. The smallest absolute Gasteiger partial charge is 0.132 e. The van der Waals surface area contributed by atoms with Crippen molar-refractivity contribution in [2.24, 2.45) is 0 Å². The number of halogens is 3. The summed E-state index contributed by atoms with van der Waals surface area (Å²) in [5.74, 6) is 0.657. The molecule has 1 saturated carbocycles. The Morgan fingerprint density at radius 2 is 1.95 bits per heavy atom. The zero-order valence-electron chi connectivity index (χ0n) is 10.2. The summed E-state index contributed by atoms with van der Waals surface area (Å²) in [6.07, 6.45) is 2.32. The maximum Gasteiger partial charge on any atom is 0.132 e. The third-order valence-corrected chi connectivity index (χ3v) is 4.05. The SMILES string of the molecule is Fc1ccc(Cn2nc(C3CC3)c(CCl)c2Cl)cc1. The van der Waals surface area contributed by atoms with E-state index >= 15 is 0 Å². The molecule has 1 aliphatic rings. The van der Waals surface area contributed by atoms with Crippen molar-refractivity contribution in [3.63, 3.8) is 0 Å². The highest BCUT2D eigenvalue weighted by molar-refractivity contribution is 6.31. The highest BCUT2D eigenvalue weighted by Gasteiger charge is 2.30. The third-order valence-electron chi connectivity index (χ3n) is 3.36. The van der Waals surface area contributed by atoms with Gasteiger partial charge in [-0.25, -0.2) is 9.07 Å². The number of hydrogen-bond acceptors (Lipinski definition) is 1. The largest absolute Gasteiger partial charge is 0.249 e. The molecule has 0 atom stereocenters. The summed E-state index contributed by atoms with van der Waals surface area (Å²) in [7, 11) is 0. The van der Waals surface area contributed by atoms with Crippen LogP contribution in [0.25, 0.3) is 0 Å². The Morgan fingerprint density at radius 3 is 2.53 bits per heavy atom. The molecule has 0 spiro atoms. The van der Waals surface area contributed by atoms with Crippen molar-refractivity contribution in [1.29, 1.82) is 0 Å². The van der Waals surface area contributed by atoms with Crippen molar-refractivity contribution in [3.05, 3.63) is 52.1 Å². The summed E-state index contributed by atoms with van der Waals surface area (Å²) in [5, 5.41) is 5.17. The van der Waals surface area contributed by atoms with E-state index in [2.05, 4.69) is 5.10 Å². The van der Waals surface area contributed by atoms with Gasteiger partial charge < -0.3 is 0 Å². The Balaban J connectivity index is 1.90. The van der Waals surface area contributed by atoms with E-state index in [0.717, 1.165) is 29.7 Å². The highest BCUT2D eigenvalue weighted by atomic mass is 35.5. The normalized spacial score (nSPS) is 14.9. The molecule has 1 aromatic heterocycles. The molecule has 1 heterocycles. The van der Waals surface area contributed by atoms with E-state index < -0.39 is 0 Å². The van der Waals surface area contributed by atoms with Gasteiger partial charge in [0.1, 0.15) is 11.0 Å². The first kappa shape index (κ1) is 12.9. The number of aromatic nitrogens is 2. The van der Waals surface area contributed by atoms with Gasteiger partial charge >= 0.3 is 0 Å². The third kappa shape index (κ3) is 2.63. The second kappa shape index (κ2) is 5.14. The highest BCUT2D eigenvalue weighted by Crippen LogP contribution is 2.43. The van der Waals surface area contributed by atoms with Crippen LogP contribution < -0.4 is 0 Å². The topological polar surface area (TPSA) is 17.8 Å². The van der Waals surface area contributed by atoms with E-state index in [1.54, 1.807) is 16.8 Å². The lowest BCUT2D eigenvalue weighted by Gasteiger charge is -2.03. The lowest BCUT2D eigenvalue weighted by Crippen LogP contribution is -2.02. The van der Waals surface area contributed by atoms with Crippen molar-refractivity contribution in [3.8, 4) is 0 Å². The second-order valence-corrected chi connectivity index (χ2v) is 5.47. The fraction of sp³-hybridized carbons (Fsp3) is 0.357. The average Bonchev–Trinajstić information content (AvgIpc) is 3.19. The fourth-order valence-electron chi connectivity index (χ4n) is 2.17. The van der Waals surface area contributed by atoms with Crippen LogP contribution in [-0.2, 0) is 12.4 Å². The molecule has 0 amide bonds. The van der Waals surface area contributed by atoms with Gasteiger partial charge in [0.2, 0.25) is 0 Å². The van der Waals surface area contributed by atoms with Crippen LogP contribution in [0.1, 0.15) is 35.6 Å². The molecule has 5 heteroatoms. The van der Waals surface area contributed by atoms with Gasteiger partial charge in [-0.2, -0.15) is 5.10 Å². The van der Waals surface area contributed by atoms with Crippen LogP contribution in [0.4, 0.5) is 4.39 Å². The van der Waals surface area contributed by atoms with E-state index in [1.165, 1.54) is 12.1 Å². The van der Waals surface area contributed by atoms with Crippen LogP contribution in [0.15, 0.2) is 24.3 Å². The minimum absolute atomic E-state index is 0.240. The minimum Gasteiger partial charge on any atom is -0.249 e. The fourth-order valence-corrected chi connectivity index (χ4v) is 2.76.